The summed E-state index contributed by atoms with van der Waals surface area (Å²) >= 11 is 0. The average Bonchev–Trinajstić information content (AvgIpc) is 2.55. The topological polar surface area (TPSA) is 30.5 Å². The van der Waals surface area contributed by atoms with Crippen molar-refractivity contribution >= 4 is 0 Å². The van der Waals surface area contributed by atoms with Gasteiger partial charge >= 0.3 is 0 Å². The lowest BCUT2D eigenvalue weighted by Gasteiger charge is -2.11. The molecular formula is C10H21NO2. The zero-order valence-corrected chi connectivity index (χ0v) is 8.71. The lowest BCUT2D eigenvalue weighted by Crippen LogP contribution is -2.27. The van der Waals surface area contributed by atoms with Crippen LogP contribution in [0.4, 0.5) is 0 Å². The van der Waals surface area contributed by atoms with E-state index in [0.717, 1.165) is 32.8 Å². The Morgan fingerprint density at radius 1 is 1.54 bits per heavy atom. The fourth-order valence-corrected chi connectivity index (χ4v) is 1.41. The summed E-state index contributed by atoms with van der Waals surface area (Å²) in [6.07, 6.45) is 2.72. The van der Waals surface area contributed by atoms with Crippen LogP contribution in [-0.4, -0.2) is 38.5 Å². The highest BCUT2D eigenvalue weighted by Crippen LogP contribution is 2.11. The number of rotatable bonds is 6. The third-order valence-corrected chi connectivity index (χ3v) is 2.13. The Balaban J connectivity index is 1.83. The predicted molar refractivity (Wildman–Crippen MR) is 52.9 cm³/mol. The summed E-state index contributed by atoms with van der Waals surface area (Å²) in [4.78, 5) is 0. The lowest BCUT2D eigenvalue weighted by molar-refractivity contribution is 0.0180. The minimum atomic E-state index is 0.360. The van der Waals surface area contributed by atoms with Gasteiger partial charge < -0.3 is 14.8 Å². The third-order valence-electron chi connectivity index (χ3n) is 2.13. The van der Waals surface area contributed by atoms with Gasteiger partial charge in [-0.05, 0) is 12.8 Å². The molecule has 0 aromatic carbocycles. The van der Waals surface area contributed by atoms with E-state index in [-0.39, 0.29) is 0 Å². The van der Waals surface area contributed by atoms with Gasteiger partial charge in [0.05, 0.1) is 19.3 Å². The van der Waals surface area contributed by atoms with Crippen molar-refractivity contribution in [1.82, 2.24) is 5.32 Å². The molecule has 0 amide bonds. The lowest BCUT2D eigenvalue weighted by atomic mass is 10.2. The van der Waals surface area contributed by atoms with Crippen molar-refractivity contribution in [3.8, 4) is 0 Å². The second-order valence-electron chi connectivity index (χ2n) is 3.82. The molecule has 1 unspecified atom stereocenters. The van der Waals surface area contributed by atoms with Gasteiger partial charge in [-0.3, -0.25) is 0 Å². The number of hydrogen-bond donors (Lipinski definition) is 1. The molecule has 0 bridgehead atoms. The van der Waals surface area contributed by atoms with E-state index in [4.69, 9.17) is 9.47 Å². The minimum absolute atomic E-state index is 0.360. The molecule has 3 nitrogen and oxygen atoms in total. The molecule has 1 aliphatic heterocycles. The Bertz CT molecular complexity index is 122. The monoisotopic (exact) mass is 187 g/mol. The van der Waals surface area contributed by atoms with Crippen molar-refractivity contribution in [3.63, 3.8) is 0 Å². The molecule has 1 fully saturated rings. The van der Waals surface area contributed by atoms with Crippen LogP contribution in [0.3, 0.4) is 0 Å². The molecule has 1 aliphatic rings. The van der Waals surface area contributed by atoms with Crippen LogP contribution < -0.4 is 5.32 Å². The van der Waals surface area contributed by atoms with Crippen LogP contribution in [0.2, 0.25) is 0 Å². The smallest absolute Gasteiger partial charge is 0.0809 e. The molecule has 13 heavy (non-hydrogen) atoms. The third kappa shape index (κ3) is 5.24. The van der Waals surface area contributed by atoms with E-state index in [1.165, 1.54) is 6.42 Å². The van der Waals surface area contributed by atoms with E-state index in [1.807, 2.05) is 0 Å². The summed E-state index contributed by atoms with van der Waals surface area (Å²) in [7, 11) is 0. The first kappa shape index (κ1) is 11.0. The highest BCUT2D eigenvalue weighted by molar-refractivity contribution is 4.63. The predicted octanol–water partition coefficient (Wildman–Crippen LogP) is 1.18. The fourth-order valence-electron chi connectivity index (χ4n) is 1.41. The SMILES string of the molecule is CC(C)NCCOCC1CCCO1. The van der Waals surface area contributed by atoms with Gasteiger partial charge in [0.15, 0.2) is 0 Å². The largest absolute Gasteiger partial charge is 0.377 e. The van der Waals surface area contributed by atoms with Crippen LogP contribution in [-0.2, 0) is 9.47 Å². The van der Waals surface area contributed by atoms with Gasteiger partial charge in [-0.2, -0.15) is 0 Å². The van der Waals surface area contributed by atoms with Crippen LogP contribution >= 0.6 is 0 Å². The number of hydrogen-bond acceptors (Lipinski definition) is 3. The maximum absolute atomic E-state index is 5.48. The van der Waals surface area contributed by atoms with Gasteiger partial charge in [0.2, 0.25) is 0 Å². The summed E-state index contributed by atoms with van der Waals surface area (Å²) in [5.74, 6) is 0. The van der Waals surface area contributed by atoms with Gasteiger partial charge in [-0.15, -0.1) is 0 Å². The molecule has 1 atom stereocenters. The average molecular weight is 187 g/mol. The summed E-state index contributed by atoms with van der Waals surface area (Å²) in [6.45, 7) is 7.68. The van der Waals surface area contributed by atoms with Crippen LogP contribution in [0, 0.1) is 0 Å². The molecule has 0 radical (unpaired) electrons. The maximum Gasteiger partial charge on any atom is 0.0809 e. The van der Waals surface area contributed by atoms with E-state index in [0.29, 0.717) is 12.1 Å². The van der Waals surface area contributed by atoms with Crippen molar-refractivity contribution in [2.45, 2.75) is 38.8 Å². The van der Waals surface area contributed by atoms with E-state index in [2.05, 4.69) is 19.2 Å². The summed E-state index contributed by atoms with van der Waals surface area (Å²) in [5, 5.41) is 3.31. The Hall–Kier alpha value is -0.120. The Morgan fingerprint density at radius 3 is 3.00 bits per heavy atom. The van der Waals surface area contributed by atoms with E-state index < -0.39 is 0 Å². The van der Waals surface area contributed by atoms with Gasteiger partial charge in [0, 0.05) is 19.2 Å². The molecule has 0 spiro atoms. The second-order valence-corrected chi connectivity index (χ2v) is 3.82. The highest BCUT2D eigenvalue weighted by Gasteiger charge is 2.14. The van der Waals surface area contributed by atoms with Crippen LogP contribution in [0.25, 0.3) is 0 Å². The molecule has 1 rings (SSSR count). The second kappa shape index (κ2) is 6.35. The van der Waals surface area contributed by atoms with Crippen molar-refractivity contribution in [3.05, 3.63) is 0 Å². The molecule has 0 aliphatic carbocycles. The molecular weight excluding hydrogens is 166 g/mol. The van der Waals surface area contributed by atoms with Crippen LogP contribution in [0.1, 0.15) is 26.7 Å². The fraction of sp³-hybridized carbons (Fsp3) is 1.00. The Morgan fingerprint density at radius 2 is 2.38 bits per heavy atom. The standard InChI is InChI=1S/C10H21NO2/c1-9(2)11-5-7-12-8-10-4-3-6-13-10/h9-11H,3-8H2,1-2H3. The summed E-state index contributed by atoms with van der Waals surface area (Å²) in [6, 6.07) is 0.548. The van der Waals surface area contributed by atoms with Gasteiger partial charge in [-0.1, -0.05) is 13.8 Å². The quantitative estimate of drug-likeness (QED) is 0.633. The zero-order valence-electron chi connectivity index (χ0n) is 8.71. The van der Waals surface area contributed by atoms with Crippen molar-refractivity contribution in [2.75, 3.05) is 26.4 Å². The molecule has 1 N–H and O–H groups in total. The Labute approximate surface area is 80.8 Å². The number of ether oxygens (including phenoxy) is 2. The molecule has 0 aromatic rings. The Kier molecular flexibility index (Phi) is 5.35. The molecule has 0 aromatic heterocycles. The molecule has 3 heteroatoms. The molecule has 78 valence electrons. The van der Waals surface area contributed by atoms with E-state index in [9.17, 15) is 0 Å². The molecule has 1 saturated heterocycles. The van der Waals surface area contributed by atoms with Crippen molar-refractivity contribution in [1.29, 1.82) is 0 Å². The van der Waals surface area contributed by atoms with Gasteiger partial charge in [-0.25, -0.2) is 0 Å². The molecule has 0 saturated carbocycles. The van der Waals surface area contributed by atoms with Gasteiger partial charge in [0.1, 0.15) is 0 Å². The zero-order chi connectivity index (χ0) is 9.52. The van der Waals surface area contributed by atoms with E-state index >= 15 is 0 Å². The van der Waals surface area contributed by atoms with Crippen LogP contribution in [0.15, 0.2) is 0 Å². The summed E-state index contributed by atoms with van der Waals surface area (Å²) in [5.41, 5.74) is 0. The highest BCUT2D eigenvalue weighted by atomic mass is 16.5. The minimum Gasteiger partial charge on any atom is -0.377 e. The first-order valence-corrected chi connectivity index (χ1v) is 5.22. The first-order chi connectivity index (χ1) is 6.29. The van der Waals surface area contributed by atoms with Crippen molar-refractivity contribution < 1.29 is 9.47 Å². The van der Waals surface area contributed by atoms with Gasteiger partial charge in [0.25, 0.3) is 0 Å². The first-order valence-electron chi connectivity index (χ1n) is 5.22. The van der Waals surface area contributed by atoms with Crippen LogP contribution in [0.5, 0.6) is 0 Å². The van der Waals surface area contributed by atoms with E-state index in [1.54, 1.807) is 0 Å². The molecule has 1 heterocycles. The summed E-state index contributed by atoms with van der Waals surface area (Å²) < 4.78 is 10.9. The number of nitrogens with one attached hydrogen (secondary N) is 1. The van der Waals surface area contributed by atoms with Crippen molar-refractivity contribution in [2.24, 2.45) is 0 Å². The normalized spacial score (nSPS) is 22.8. The maximum atomic E-state index is 5.48.